The maximum Gasteiger partial charge on any atom is 0.289 e. The zero-order valence-corrected chi connectivity index (χ0v) is 11.8. The molecule has 1 fully saturated rings. The lowest BCUT2D eigenvalue weighted by molar-refractivity contribution is -0.387. The van der Waals surface area contributed by atoms with Gasteiger partial charge in [0.25, 0.3) is 5.69 Å². The van der Waals surface area contributed by atoms with Crippen molar-refractivity contribution < 1.29 is 18.4 Å². The molecule has 0 aliphatic carbocycles. The van der Waals surface area contributed by atoms with Crippen LogP contribution in [-0.4, -0.2) is 41.4 Å². The Labute approximate surface area is 117 Å². The average Bonchev–Trinajstić information content (AvgIpc) is 2.37. The van der Waals surface area contributed by atoms with Gasteiger partial charge in [-0.15, -0.1) is 0 Å². The molecule has 7 nitrogen and oxygen atoms in total. The molecule has 20 heavy (non-hydrogen) atoms. The number of hydrogen-bond acceptors (Lipinski definition) is 5. The average molecular weight is 300 g/mol. The highest BCUT2D eigenvalue weighted by Crippen LogP contribution is 2.30. The minimum Gasteiger partial charge on any atom is -0.389 e. The van der Waals surface area contributed by atoms with E-state index in [0.29, 0.717) is 12.8 Å². The van der Waals surface area contributed by atoms with Crippen LogP contribution in [0.3, 0.4) is 0 Å². The molecule has 1 saturated heterocycles. The van der Waals surface area contributed by atoms with E-state index in [2.05, 4.69) is 0 Å². The molecule has 1 aromatic carbocycles. The number of piperidine rings is 1. The van der Waals surface area contributed by atoms with Crippen molar-refractivity contribution >= 4 is 15.7 Å². The number of nitro groups is 1. The van der Waals surface area contributed by atoms with Gasteiger partial charge < -0.3 is 5.11 Å². The van der Waals surface area contributed by atoms with Gasteiger partial charge in [-0.1, -0.05) is 12.1 Å². The lowest BCUT2D eigenvalue weighted by Gasteiger charge is -2.35. The minimum atomic E-state index is -3.98. The third kappa shape index (κ3) is 2.82. The van der Waals surface area contributed by atoms with E-state index in [-0.39, 0.29) is 18.0 Å². The first-order valence-electron chi connectivity index (χ1n) is 6.20. The van der Waals surface area contributed by atoms with Crippen LogP contribution >= 0.6 is 0 Å². The summed E-state index contributed by atoms with van der Waals surface area (Å²) in [5.41, 5.74) is -1.55. The highest BCUT2D eigenvalue weighted by molar-refractivity contribution is 7.89. The second-order valence-electron chi connectivity index (χ2n) is 5.16. The van der Waals surface area contributed by atoms with Crippen molar-refractivity contribution in [1.82, 2.24) is 4.31 Å². The summed E-state index contributed by atoms with van der Waals surface area (Å²) in [5.74, 6) is 0. The Balaban J connectivity index is 2.43. The fourth-order valence-electron chi connectivity index (χ4n) is 2.34. The van der Waals surface area contributed by atoms with Gasteiger partial charge in [-0.2, -0.15) is 4.31 Å². The number of nitrogens with zero attached hydrogens (tertiary/aromatic N) is 2. The number of nitro benzene ring substituents is 1. The predicted octanol–water partition coefficient (Wildman–Crippen LogP) is 1.13. The quantitative estimate of drug-likeness (QED) is 0.666. The molecule has 1 aliphatic rings. The van der Waals surface area contributed by atoms with Crippen LogP contribution in [0.15, 0.2) is 29.2 Å². The van der Waals surface area contributed by atoms with Crippen molar-refractivity contribution in [2.75, 3.05) is 13.1 Å². The standard InChI is InChI=1S/C12H16N2O5S/c1-12(15)7-4-8-13(9-12)20(18,19)11-6-3-2-5-10(11)14(16)17/h2-3,5-6,15H,4,7-9H2,1H3. The molecule has 1 atom stereocenters. The van der Waals surface area contributed by atoms with E-state index in [1.165, 1.54) is 18.2 Å². The van der Waals surface area contributed by atoms with E-state index in [9.17, 15) is 23.6 Å². The van der Waals surface area contributed by atoms with Crippen LogP contribution in [0.2, 0.25) is 0 Å². The van der Waals surface area contributed by atoms with Gasteiger partial charge in [0.15, 0.2) is 4.90 Å². The zero-order valence-electron chi connectivity index (χ0n) is 11.0. The van der Waals surface area contributed by atoms with E-state index in [1.807, 2.05) is 0 Å². The maximum absolute atomic E-state index is 12.5. The Morgan fingerprint density at radius 3 is 2.65 bits per heavy atom. The van der Waals surface area contributed by atoms with Crippen molar-refractivity contribution in [2.45, 2.75) is 30.3 Å². The Hall–Kier alpha value is -1.51. The van der Waals surface area contributed by atoms with Gasteiger partial charge in [-0.3, -0.25) is 10.1 Å². The number of hydrogen-bond donors (Lipinski definition) is 1. The van der Waals surface area contributed by atoms with Crippen LogP contribution in [-0.2, 0) is 10.0 Å². The van der Waals surface area contributed by atoms with Crippen LogP contribution in [0.1, 0.15) is 19.8 Å². The van der Waals surface area contributed by atoms with Crippen molar-refractivity contribution in [1.29, 1.82) is 0 Å². The minimum absolute atomic E-state index is 0.0542. The van der Waals surface area contributed by atoms with Crippen LogP contribution in [0.4, 0.5) is 5.69 Å². The van der Waals surface area contributed by atoms with Gasteiger partial charge >= 0.3 is 0 Å². The second-order valence-corrected chi connectivity index (χ2v) is 7.07. The summed E-state index contributed by atoms with van der Waals surface area (Å²) < 4.78 is 26.1. The molecule has 0 aromatic heterocycles. The third-order valence-corrected chi connectivity index (χ3v) is 5.21. The van der Waals surface area contributed by atoms with E-state index in [1.54, 1.807) is 6.92 Å². The molecular weight excluding hydrogens is 284 g/mol. The van der Waals surface area contributed by atoms with Gasteiger partial charge in [-0.25, -0.2) is 8.42 Å². The van der Waals surface area contributed by atoms with Crippen molar-refractivity contribution in [3.8, 4) is 0 Å². The first-order chi connectivity index (χ1) is 9.24. The number of rotatable bonds is 3. The second kappa shape index (κ2) is 5.12. The molecule has 0 amide bonds. The zero-order chi connectivity index (χ0) is 15.0. The van der Waals surface area contributed by atoms with Crippen LogP contribution in [0.5, 0.6) is 0 Å². The molecule has 0 spiro atoms. The molecule has 1 aliphatic heterocycles. The van der Waals surface area contributed by atoms with E-state index in [0.717, 1.165) is 10.4 Å². The van der Waals surface area contributed by atoms with E-state index in [4.69, 9.17) is 0 Å². The molecule has 110 valence electrons. The molecule has 8 heteroatoms. The molecule has 1 unspecified atom stereocenters. The summed E-state index contributed by atoms with van der Waals surface area (Å²) in [5, 5.41) is 20.9. The van der Waals surface area contributed by atoms with Crippen molar-refractivity contribution in [3.63, 3.8) is 0 Å². The molecule has 0 bridgehead atoms. The SMILES string of the molecule is CC1(O)CCCN(S(=O)(=O)c2ccccc2[N+](=O)[O-])C1. The topological polar surface area (TPSA) is 101 Å². The summed E-state index contributed by atoms with van der Waals surface area (Å²) in [6.45, 7) is 1.76. The smallest absolute Gasteiger partial charge is 0.289 e. The third-order valence-electron chi connectivity index (χ3n) is 3.32. The fraction of sp³-hybridized carbons (Fsp3) is 0.500. The van der Waals surface area contributed by atoms with Crippen LogP contribution in [0.25, 0.3) is 0 Å². The summed E-state index contributed by atoms with van der Waals surface area (Å²) in [4.78, 5) is 9.91. The first-order valence-corrected chi connectivity index (χ1v) is 7.64. The van der Waals surface area contributed by atoms with Gasteiger partial charge in [0.05, 0.1) is 10.5 Å². The van der Waals surface area contributed by atoms with Crippen LogP contribution < -0.4 is 0 Å². The van der Waals surface area contributed by atoms with Gasteiger partial charge in [0, 0.05) is 19.2 Å². The van der Waals surface area contributed by atoms with Crippen molar-refractivity contribution in [3.05, 3.63) is 34.4 Å². The Kier molecular flexibility index (Phi) is 3.81. The Morgan fingerprint density at radius 2 is 2.05 bits per heavy atom. The van der Waals surface area contributed by atoms with E-state index < -0.39 is 26.2 Å². The fourth-order valence-corrected chi connectivity index (χ4v) is 4.10. The summed E-state index contributed by atoms with van der Waals surface area (Å²) in [6.07, 6.45) is 1.03. The molecule has 1 heterocycles. The lowest BCUT2D eigenvalue weighted by atomic mass is 9.97. The molecule has 0 radical (unpaired) electrons. The summed E-state index contributed by atoms with van der Waals surface area (Å²) in [6, 6.07) is 5.25. The van der Waals surface area contributed by atoms with Gasteiger partial charge in [0.1, 0.15) is 0 Å². The number of benzene rings is 1. The first kappa shape index (κ1) is 14.9. The molecule has 2 rings (SSSR count). The highest BCUT2D eigenvalue weighted by Gasteiger charge is 2.38. The van der Waals surface area contributed by atoms with E-state index >= 15 is 0 Å². The Morgan fingerprint density at radius 1 is 1.40 bits per heavy atom. The maximum atomic E-state index is 12.5. The van der Waals surface area contributed by atoms with Gasteiger partial charge in [-0.05, 0) is 25.8 Å². The number of sulfonamides is 1. The highest BCUT2D eigenvalue weighted by atomic mass is 32.2. The predicted molar refractivity (Wildman–Crippen MR) is 71.7 cm³/mol. The number of para-hydroxylation sites is 1. The monoisotopic (exact) mass is 300 g/mol. The summed E-state index contributed by atoms with van der Waals surface area (Å²) in [7, 11) is -3.98. The Bertz CT molecular complexity index is 626. The number of aliphatic hydroxyl groups is 1. The van der Waals surface area contributed by atoms with Crippen molar-refractivity contribution in [2.24, 2.45) is 0 Å². The molecular formula is C12H16N2O5S. The molecule has 0 saturated carbocycles. The lowest BCUT2D eigenvalue weighted by Crippen LogP contribution is -2.48. The normalized spacial score (nSPS) is 24.5. The summed E-state index contributed by atoms with van der Waals surface area (Å²) >= 11 is 0. The number of β-amino-alcohol motifs (C(OH)–C–C–N with tert-alkyl or cyclic N) is 1. The largest absolute Gasteiger partial charge is 0.389 e. The molecule has 1 aromatic rings. The molecule has 1 N–H and O–H groups in total. The van der Waals surface area contributed by atoms with Crippen LogP contribution in [0, 0.1) is 10.1 Å². The van der Waals surface area contributed by atoms with Gasteiger partial charge in [0.2, 0.25) is 10.0 Å².